The van der Waals surface area contributed by atoms with E-state index in [0.717, 1.165) is 18.8 Å². The van der Waals surface area contributed by atoms with Gasteiger partial charge in [-0.1, -0.05) is 50.1 Å². The van der Waals surface area contributed by atoms with E-state index < -0.39 is 0 Å². The standard InChI is InChI=1S/C17H23NO/c1-2-6-14-9-10-16(12-18)17(11-14)19-13-15-7-4-3-5-8-15/h3-5,7-8,14,16-17H,2,6,9-11,13H2,1H3. The van der Waals surface area contributed by atoms with Gasteiger partial charge in [-0.15, -0.1) is 0 Å². The molecule has 2 heteroatoms. The maximum absolute atomic E-state index is 9.24. The number of rotatable bonds is 5. The van der Waals surface area contributed by atoms with E-state index in [1.807, 2.05) is 18.2 Å². The first kappa shape index (κ1) is 14.1. The average molecular weight is 257 g/mol. The minimum Gasteiger partial charge on any atom is -0.372 e. The van der Waals surface area contributed by atoms with Gasteiger partial charge < -0.3 is 4.74 Å². The molecule has 1 aromatic carbocycles. The molecule has 0 radical (unpaired) electrons. The molecule has 19 heavy (non-hydrogen) atoms. The van der Waals surface area contributed by atoms with E-state index in [2.05, 4.69) is 25.1 Å². The van der Waals surface area contributed by atoms with Crippen molar-refractivity contribution in [2.24, 2.45) is 11.8 Å². The molecule has 0 heterocycles. The summed E-state index contributed by atoms with van der Waals surface area (Å²) >= 11 is 0. The summed E-state index contributed by atoms with van der Waals surface area (Å²) in [5, 5.41) is 9.24. The van der Waals surface area contributed by atoms with Crippen LogP contribution in [0.5, 0.6) is 0 Å². The second-order valence-electron chi connectivity index (χ2n) is 5.54. The number of nitriles is 1. The Balaban J connectivity index is 1.90. The normalized spacial score (nSPS) is 26.8. The van der Waals surface area contributed by atoms with Crippen molar-refractivity contribution in [3.63, 3.8) is 0 Å². The molecule has 1 aromatic rings. The smallest absolute Gasteiger partial charge is 0.0740 e. The molecule has 0 aliphatic heterocycles. The highest BCUT2D eigenvalue weighted by Crippen LogP contribution is 2.33. The van der Waals surface area contributed by atoms with Crippen LogP contribution < -0.4 is 0 Å². The lowest BCUT2D eigenvalue weighted by molar-refractivity contribution is -0.0208. The average Bonchev–Trinajstić information content (AvgIpc) is 2.47. The van der Waals surface area contributed by atoms with Gasteiger partial charge in [0.05, 0.1) is 24.7 Å². The Morgan fingerprint density at radius 2 is 2.05 bits per heavy atom. The molecular weight excluding hydrogens is 234 g/mol. The van der Waals surface area contributed by atoms with Gasteiger partial charge in [-0.3, -0.25) is 0 Å². The molecule has 0 bridgehead atoms. The van der Waals surface area contributed by atoms with Gasteiger partial charge in [-0.25, -0.2) is 0 Å². The fourth-order valence-corrected chi connectivity index (χ4v) is 2.99. The van der Waals surface area contributed by atoms with Crippen LogP contribution in [0.4, 0.5) is 0 Å². The molecule has 1 saturated carbocycles. The second-order valence-corrected chi connectivity index (χ2v) is 5.54. The first-order chi connectivity index (χ1) is 9.33. The Hall–Kier alpha value is -1.33. The summed E-state index contributed by atoms with van der Waals surface area (Å²) in [6.07, 6.45) is 5.86. The fraction of sp³-hybridized carbons (Fsp3) is 0.588. The molecule has 2 nitrogen and oxygen atoms in total. The van der Waals surface area contributed by atoms with Crippen molar-refractivity contribution in [1.29, 1.82) is 5.26 Å². The molecule has 102 valence electrons. The number of hydrogen-bond donors (Lipinski definition) is 0. The van der Waals surface area contributed by atoms with Crippen molar-refractivity contribution < 1.29 is 4.74 Å². The van der Waals surface area contributed by atoms with Crippen molar-refractivity contribution in [2.75, 3.05) is 0 Å². The van der Waals surface area contributed by atoms with Crippen LogP contribution >= 0.6 is 0 Å². The predicted octanol–water partition coefficient (Wildman–Crippen LogP) is 4.31. The third-order valence-corrected chi connectivity index (χ3v) is 4.07. The van der Waals surface area contributed by atoms with Crippen LogP contribution in [0.1, 0.15) is 44.6 Å². The fourth-order valence-electron chi connectivity index (χ4n) is 2.99. The Labute approximate surface area is 116 Å². The molecule has 1 aliphatic rings. The Morgan fingerprint density at radius 3 is 2.74 bits per heavy atom. The molecule has 0 saturated heterocycles. The largest absolute Gasteiger partial charge is 0.372 e. The third-order valence-electron chi connectivity index (χ3n) is 4.07. The molecule has 2 rings (SSSR count). The second kappa shape index (κ2) is 7.31. The van der Waals surface area contributed by atoms with Gasteiger partial charge in [0.2, 0.25) is 0 Å². The van der Waals surface area contributed by atoms with Gasteiger partial charge in [0.25, 0.3) is 0 Å². The van der Waals surface area contributed by atoms with Crippen molar-refractivity contribution in [1.82, 2.24) is 0 Å². The zero-order valence-corrected chi connectivity index (χ0v) is 11.7. The van der Waals surface area contributed by atoms with E-state index in [9.17, 15) is 5.26 Å². The minimum absolute atomic E-state index is 0.0804. The van der Waals surface area contributed by atoms with Crippen LogP contribution in [-0.4, -0.2) is 6.10 Å². The number of benzene rings is 1. The van der Waals surface area contributed by atoms with Gasteiger partial charge in [0, 0.05) is 0 Å². The lowest BCUT2D eigenvalue weighted by atomic mass is 9.78. The quantitative estimate of drug-likeness (QED) is 0.787. The minimum atomic E-state index is 0.0804. The van der Waals surface area contributed by atoms with Crippen LogP contribution in [0.2, 0.25) is 0 Å². The third kappa shape index (κ3) is 4.08. The Morgan fingerprint density at radius 1 is 1.26 bits per heavy atom. The molecule has 0 amide bonds. The van der Waals surface area contributed by atoms with Gasteiger partial charge in [-0.05, 0) is 30.7 Å². The monoisotopic (exact) mass is 257 g/mol. The number of nitrogens with zero attached hydrogens (tertiary/aromatic N) is 1. The lowest BCUT2D eigenvalue weighted by Gasteiger charge is -2.32. The van der Waals surface area contributed by atoms with Crippen LogP contribution in [0.15, 0.2) is 30.3 Å². The number of hydrogen-bond acceptors (Lipinski definition) is 2. The maximum atomic E-state index is 9.24. The molecule has 3 unspecified atom stereocenters. The Kier molecular flexibility index (Phi) is 5.42. The highest BCUT2D eigenvalue weighted by Gasteiger charge is 2.30. The lowest BCUT2D eigenvalue weighted by Crippen LogP contribution is -2.31. The summed E-state index contributed by atoms with van der Waals surface area (Å²) in [4.78, 5) is 0. The molecule has 0 spiro atoms. The highest BCUT2D eigenvalue weighted by atomic mass is 16.5. The molecule has 0 N–H and O–H groups in total. The van der Waals surface area contributed by atoms with E-state index >= 15 is 0 Å². The molecule has 0 aromatic heterocycles. The summed E-state index contributed by atoms with van der Waals surface area (Å²) in [6.45, 7) is 2.86. The van der Waals surface area contributed by atoms with Gasteiger partial charge in [-0.2, -0.15) is 5.26 Å². The van der Waals surface area contributed by atoms with Crippen LogP contribution in [0.3, 0.4) is 0 Å². The van der Waals surface area contributed by atoms with Crippen molar-refractivity contribution >= 4 is 0 Å². The zero-order chi connectivity index (χ0) is 13.5. The summed E-state index contributed by atoms with van der Waals surface area (Å²) in [5.74, 6) is 0.826. The van der Waals surface area contributed by atoms with Crippen molar-refractivity contribution in [3.8, 4) is 6.07 Å². The van der Waals surface area contributed by atoms with E-state index in [1.54, 1.807) is 0 Å². The molecule has 1 aliphatic carbocycles. The van der Waals surface area contributed by atoms with Gasteiger partial charge >= 0.3 is 0 Å². The van der Waals surface area contributed by atoms with E-state index in [1.165, 1.54) is 24.8 Å². The Bertz CT molecular complexity index is 409. The SMILES string of the molecule is CCCC1CCC(C#N)C(OCc2ccccc2)C1. The predicted molar refractivity (Wildman–Crippen MR) is 76.4 cm³/mol. The van der Waals surface area contributed by atoms with Crippen molar-refractivity contribution in [2.45, 2.75) is 51.7 Å². The first-order valence-electron chi connectivity index (χ1n) is 7.38. The highest BCUT2D eigenvalue weighted by molar-refractivity contribution is 5.13. The topological polar surface area (TPSA) is 33.0 Å². The molecular formula is C17H23NO. The maximum Gasteiger partial charge on any atom is 0.0740 e. The zero-order valence-electron chi connectivity index (χ0n) is 11.7. The number of ether oxygens (including phenoxy) is 1. The van der Waals surface area contributed by atoms with Crippen LogP contribution in [0.25, 0.3) is 0 Å². The summed E-state index contributed by atoms with van der Waals surface area (Å²) in [6, 6.07) is 12.7. The summed E-state index contributed by atoms with van der Waals surface area (Å²) in [5.41, 5.74) is 1.19. The van der Waals surface area contributed by atoms with Crippen LogP contribution in [0, 0.1) is 23.2 Å². The summed E-state index contributed by atoms with van der Waals surface area (Å²) in [7, 11) is 0. The van der Waals surface area contributed by atoms with Crippen molar-refractivity contribution in [3.05, 3.63) is 35.9 Å². The van der Waals surface area contributed by atoms with Gasteiger partial charge in [0.1, 0.15) is 0 Å². The van der Waals surface area contributed by atoms with Gasteiger partial charge in [0.15, 0.2) is 0 Å². The molecule has 1 fully saturated rings. The van der Waals surface area contributed by atoms with Crippen LogP contribution in [-0.2, 0) is 11.3 Å². The molecule has 3 atom stereocenters. The van der Waals surface area contributed by atoms with E-state index in [0.29, 0.717) is 6.61 Å². The van der Waals surface area contributed by atoms with E-state index in [-0.39, 0.29) is 12.0 Å². The van der Waals surface area contributed by atoms with E-state index in [4.69, 9.17) is 4.74 Å². The first-order valence-corrected chi connectivity index (χ1v) is 7.38. The summed E-state index contributed by atoms with van der Waals surface area (Å²) < 4.78 is 6.03.